The molecule has 0 fully saturated rings. The summed E-state index contributed by atoms with van der Waals surface area (Å²) in [4.78, 5) is 22.3. The number of benzene rings is 2. The van der Waals surface area contributed by atoms with E-state index in [9.17, 15) is 19.3 Å². The SMILES string of the molecule is O=C(Cc1ccc(F)cc1)N/N=C\c1cc2c(cc1[N+](=O)[O-])OCO2. The molecule has 0 aromatic heterocycles. The maximum atomic E-state index is 12.8. The lowest BCUT2D eigenvalue weighted by atomic mass is 10.1. The minimum Gasteiger partial charge on any atom is -0.454 e. The van der Waals surface area contributed by atoms with Gasteiger partial charge in [-0.2, -0.15) is 5.10 Å². The fraction of sp³-hybridized carbons (Fsp3) is 0.125. The molecule has 0 saturated carbocycles. The molecule has 0 spiro atoms. The Bertz CT molecular complexity index is 852. The molecule has 0 saturated heterocycles. The van der Waals surface area contributed by atoms with Crippen molar-refractivity contribution >= 4 is 17.8 Å². The third-order valence-electron chi connectivity index (χ3n) is 3.39. The van der Waals surface area contributed by atoms with Crippen LogP contribution in [0.5, 0.6) is 11.5 Å². The average Bonchev–Trinajstić information content (AvgIpc) is 3.03. The monoisotopic (exact) mass is 345 g/mol. The van der Waals surface area contributed by atoms with E-state index in [1.807, 2.05) is 0 Å². The van der Waals surface area contributed by atoms with Crippen LogP contribution in [0, 0.1) is 15.9 Å². The first-order chi connectivity index (χ1) is 12.0. The summed E-state index contributed by atoms with van der Waals surface area (Å²) in [7, 11) is 0. The van der Waals surface area contributed by atoms with Crippen LogP contribution in [0.2, 0.25) is 0 Å². The third kappa shape index (κ3) is 3.89. The second-order valence-electron chi connectivity index (χ2n) is 5.12. The average molecular weight is 345 g/mol. The maximum Gasteiger partial charge on any atom is 0.282 e. The Morgan fingerprint density at radius 2 is 1.96 bits per heavy atom. The molecule has 0 bridgehead atoms. The van der Waals surface area contributed by atoms with Gasteiger partial charge in [-0.05, 0) is 23.8 Å². The zero-order chi connectivity index (χ0) is 17.8. The largest absolute Gasteiger partial charge is 0.454 e. The summed E-state index contributed by atoms with van der Waals surface area (Å²) in [5.41, 5.74) is 2.83. The normalized spacial score (nSPS) is 12.4. The molecule has 0 aliphatic carbocycles. The van der Waals surface area contributed by atoms with Crippen LogP contribution in [0.25, 0.3) is 0 Å². The molecule has 0 unspecified atom stereocenters. The lowest BCUT2D eigenvalue weighted by Gasteiger charge is -2.02. The highest BCUT2D eigenvalue weighted by Gasteiger charge is 2.22. The van der Waals surface area contributed by atoms with Crippen LogP contribution in [0.15, 0.2) is 41.5 Å². The Hall–Kier alpha value is -3.49. The van der Waals surface area contributed by atoms with Crippen LogP contribution in [-0.4, -0.2) is 23.8 Å². The van der Waals surface area contributed by atoms with Gasteiger partial charge in [0.25, 0.3) is 5.69 Å². The van der Waals surface area contributed by atoms with Crippen molar-refractivity contribution < 1.29 is 23.6 Å². The van der Waals surface area contributed by atoms with Crippen LogP contribution in [0.3, 0.4) is 0 Å². The number of hydrogen-bond acceptors (Lipinski definition) is 6. The van der Waals surface area contributed by atoms with Crippen molar-refractivity contribution in [2.45, 2.75) is 6.42 Å². The molecule has 1 heterocycles. The van der Waals surface area contributed by atoms with Gasteiger partial charge in [0.1, 0.15) is 5.82 Å². The van der Waals surface area contributed by atoms with E-state index in [-0.39, 0.29) is 30.2 Å². The molecule has 25 heavy (non-hydrogen) atoms. The number of nitro groups is 1. The predicted octanol–water partition coefficient (Wildman–Crippen LogP) is 2.16. The highest BCUT2D eigenvalue weighted by atomic mass is 19.1. The highest BCUT2D eigenvalue weighted by molar-refractivity contribution is 5.88. The third-order valence-corrected chi connectivity index (χ3v) is 3.39. The quantitative estimate of drug-likeness (QED) is 0.508. The van der Waals surface area contributed by atoms with Gasteiger partial charge in [-0.25, -0.2) is 9.82 Å². The van der Waals surface area contributed by atoms with Crippen molar-refractivity contribution in [2.24, 2.45) is 5.10 Å². The molecule has 3 rings (SSSR count). The predicted molar refractivity (Wildman–Crippen MR) is 85.1 cm³/mol. The van der Waals surface area contributed by atoms with E-state index in [0.29, 0.717) is 11.3 Å². The number of nitro benzene ring substituents is 1. The fourth-order valence-electron chi connectivity index (χ4n) is 2.21. The number of rotatable bonds is 5. The van der Waals surface area contributed by atoms with Crippen molar-refractivity contribution in [3.8, 4) is 11.5 Å². The second kappa shape index (κ2) is 6.95. The van der Waals surface area contributed by atoms with E-state index >= 15 is 0 Å². The number of carbonyl (C=O) groups is 1. The van der Waals surface area contributed by atoms with Gasteiger partial charge in [-0.15, -0.1) is 0 Å². The van der Waals surface area contributed by atoms with Gasteiger partial charge in [-0.1, -0.05) is 12.1 Å². The molecule has 1 N–H and O–H groups in total. The van der Waals surface area contributed by atoms with Crippen molar-refractivity contribution in [1.82, 2.24) is 5.43 Å². The van der Waals surface area contributed by atoms with E-state index in [1.165, 1.54) is 36.4 Å². The smallest absolute Gasteiger partial charge is 0.282 e. The number of carbonyl (C=O) groups excluding carboxylic acids is 1. The summed E-state index contributed by atoms with van der Waals surface area (Å²) in [5, 5.41) is 14.8. The van der Waals surface area contributed by atoms with Crippen LogP contribution >= 0.6 is 0 Å². The van der Waals surface area contributed by atoms with Crippen molar-refractivity contribution in [3.63, 3.8) is 0 Å². The first-order valence-electron chi connectivity index (χ1n) is 7.17. The number of hydrogen-bond donors (Lipinski definition) is 1. The molecule has 128 valence electrons. The van der Waals surface area contributed by atoms with Gasteiger partial charge in [0.05, 0.1) is 29.2 Å². The first-order valence-corrected chi connectivity index (χ1v) is 7.17. The number of halogens is 1. The molecule has 0 radical (unpaired) electrons. The Labute approximate surface area is 141 Å². The number of ether oxygens (including phenoxy) is 2. The lowest BCUT2D eigenvalue weighted by Crippen LogP contribution is -2.19. The Morgan fingerprint density at radius 1 is 1.28 bits per heavy atom. The zero-order valence-electron chi connectivity index (χ0n) is 12.8. The number of nitrogens with zero attached hydrogens (tertiary/aromatic N) is 2. The van der Waals surface area contributed by atoms with Crippen LogP contribution in [0.1, 0.15) is 11.1 Å². The molecule has 2 aromatic carbocycles. The molecule has 1 amide bonds. The first kappa shape index (κ1) is 16.4. The number of hydrazone groups is 1. The Morgan fingerprint density at radius 3 is 2.64 bits per heavy atom. The van der Waals surface area contributed by atoms with Crippen molar-refractivity contribution in [3.05, 3.63) is 63.5 Å². The highest BCUT2D eigenvalue weighted by Crippen LogP contribution is 2.37. The van der Waals surface area contributed by atoms with Crippen LogP contribution < -0.4 is 14.9 Å². The standard InChI is InChI=1S/C16H12FN3O5/c17-12-3-1-10(2-4-12)5-16(21)19-18-8-11-6-14-15(25-9-24-14)7-13(11)20(22)23/h1-4,6-8H,5,9H2,(H,19,21)/b18-8-. The van der Waals surface area contributed by atoms with Crippen LogP contribution in [-0.2, 0) is 11.2 Å². The van der Waals surface area contributed by atoms with Crippen molar-refractivity contribution in [1.29, 1.82) is 0 Å². The molecular weight excluding hydrogens is 333 g/mol. The van der Waals surface area contributed by atoms with E-state index < -0.39 is 16.6 Å². The number of nitrogens with one attached hydrogen (secondary N) is 1. The lowest BCUT2D eigenvalue weighted by molar-refractivity contribution is -0.385. The Kier molecular flexibility index (Phi) is 4.55. The summed E-state index contributed by atoms with van der Waals surface area (Å²) in [6.45, 7) is -0.0124. The van der Waals surface area contributed by atoms with Gasteiger partial charge >= 0.3 is 0 Å². The van der Waals surface area contributed by atoms with Gasteiger partial charge in [0.15, 0.2) is 11.5 Å². The fourth-order valence-corrected chi connectivity index (χ4v) is 2.21. The van der Waals surface area contributed by atoms with E-state index in [0.717, 1.165) is 6.21 Å². The molecule has 1 aliphatic rings. The summed E-state index contributed by atoms with van der Waals surface area (Å²) in [6, 6.07) is 8.13. The summed E-state index contributed by atoms with van der Waals surface area (Å²) in [5.74, 6) is -0.183. The maximum absolute atomic E-state index is 12.8. The minimum absolute atomic E-state index is 0.000845. The van der Waals surface area contributed by atoms with Crippen molar-refractivity contribution in [2.75, 3.05) is 6.79 Å². The molecule has 0 atom stereocenters. The molecule has 9 heteroatoms. The molecule has 1 aliphatic heterocycles. The zero-order valence-corrected chi connectivity index (χ0v) is 12.8. The van der Waals surface area contributed by atoms with Gasteiger partial charge in [0.2, 0.25) is 12.7 Å². The molecule has 2 aromatic rings. The topological polar surface area (TPSA) is 103 Å². The number of fused-ring (bicyclic) bond motifs is 1. The summed E-state index contributed by atoms with van der Waals surface area (Å²) < 4.78 is 23.1. The summed E-state index contributed by atoms with van der Waals surface area (Å²) in [6.07, 6.45) is 1.16. The molecule has 8 nitrogen and oxygen atoms in total. The van der Waals surface area contributed by atoms with Gasteiger partial charge in [0, 0.05) is 0 Å². The summed E-state index contributed by atoms with van der Waals surface area (Å²) >= 11 is 0. The minimum atomic E-state index is -0.580. The number of amides is 1. The molecular formula is C16H12FN3O5. The van der Waals surface area contributed by atoms with Gasteiger partial charge in [-0.3, -0.25) is 14.9 Å². The van der Waals surface area contributed by atoms with Gasteiger partial charge < -0.3 is 9.47 Å². The Balaban J connectivity index is 1.68. The second-order valence-corrected chi connectivity index (χ2v) is 5.12. The van der Waals surface area contributed by atoms with Crippen LogP contribution in [0.4, 0.5) is 10.1 Å². The van der Waals surface area contributed by atoms with E-state index in [1.54, 1.807) is 0 Å². The van der Waals surface area contributed by atoms with E-state index in [4.69, 9.17) is 9.47 Å². The van der Waals surface area contributed by atoms with E-state index in [2.05, 4.69) is 10.5 Å².